The van der Waals surface area contributed by atoms with Gasteiger partial charge in [-0.3, -0.25) is 0 Å². The molecule has 5 heteroatoms. The zero-order valence-corrected chi connectivity index (χ0v) is 11.2. The van der Waals surface area contributed by atoms with Crippen LogP contribution in [0.3, 0.4) is 0 Å². The molecule has 0 fully saturated rings. The number of nitrogens with zero attached hydrogens (tertiary/aromatic N) is 1. The number of hydrogen-bond donors (Lipinski definition) is 2. The van der Waals surface area contributed by atoms with Crippen LogP contribution in [0.15, 0.2) is 18.2 Å². The molecule has 0 aliphatic rings. The van der Waals surface area contributed by atoms with Gasteiger partial charge in [0.15, 0.2) is 0 Å². The lowest BCUT2D eigenvalue weighted by atomic mass is 9.98. The number of ether oxygens (including phenoxy) is 1. The van der Waals surface area contributed by atoms with Gasteiger partial charge in [0, 0.05) is 31.4 Å². The van der Waals surface area contributed by atoms with E-state index in [9.17, 15) is 4.39 Å². The number of benzene rings is 1. The monoisotopic (exact) mass is 266 g/mol. The molecule has 2 N–H and O–H groups in total. The molecule has 1 rings (SSSR count). The highest BCUT2D eigenvalue weighted by Crippen LogP contribution is 2.14. The van der Waals surface area contributed by atoms with E-state index in [-0.39, 0.29) is 19.0 Å². The molecule has 0 heterocycles. The standard InChI is InChI=1S/C14H19FN2O2/c1-14(5-6-18,10-19-2)17-9-12-7-11(8-16)3-4-13(12)15/h3-4,7,17-18H,5-6,9-10H2,1-2H3. The number of aliphatic hydroxyl groups is 1. The summed E-state index contributed by atoms with van der Waals surface area (Å²) in [5.74, 6) is -0.352. The molecule has 0 bridgehead atoms. The maximum atomic E-state index is 13.6. The normalized spacial score (nSPS) is 13.8. The number of aliphatic hydroxyl groups excluding tert-OH is 1. The second-order valence-corrected chi connectivity index (χ2v) is 4.74. The van der Waals surface area contributed by atoms with E-state index in [0.29, 0.717) is 24.2 Å². The second kappa shape index (κ2) is 7.19. The minimum absolute atomic E-state index is 0.0214. The molecule has 0 saturated carbocycles. The van der Waals surface area contributed by atoms with Gasteiger partial charge >= 0.3 is 0 Å². The van der Waals surface area contributed by atoms with Gasteiger partial charge in [-0.05, 0) is 31.5 Å². The molecule has 1 aromatic rings. The fourth-order valence-corrected chi connectivity index (χ4v) is 1.87. The van der Waals surface area contributed by atoms with Gasteiger partial charge in [-0.2, -0.15) is 5.26 Å². The van der Waals surface area contributed by atoms with Crippen molar-refractivity contribution in [1.82, 2.24) is 5.32 Å². The van der Waals surface area contributed by atoms with Crippen LogP contribution in [0.4, 0.5) is 4.39 Å². The van der Waals surface area contributed by atoms with Crippen molar-refractivity contribution in [2.24, 2.45) is 0 Å². The van der Waals surface area contributed by atoms with E-state index in [1.54, 1.807) is 7.11 Å². The Bertz CT molecular complexity index is 451. The minimum Gasteiger partial charge on any atom is -0.396 e. The third-order valence-corrected chi connectivity index (χ3v) is 3.01. The Balaban J connectivity index is 2.76. The molecular weight excluding hydrogens is 247 g/mol. The van der Waals surface area contributed by atoms with Gasteiger partial charge in [0.25, 0.3) is 0 Å². The fourth-order valence-electron chi connectivity index (χ4n) is 1.87. The third-order valence-electron chi connectivity index (χ3n) is 3.01. The maximum Gasteiger partial charge on any atom is 0.127 e. The molecule has 0 amide bonds. The summed E-state index contributed by atoms with van der Waals surface area (Å²) in [5.41, 5.74) is 0.423. The summed E-state index contributed by atoms with van der Waals surface area (Å²) in [7, 11) is 1.58. The van der Waals surface area contributed by atoms with E-state index in [4.69, 9.17) is 15.1 Å². The summed E-state index contributed by atoms with van der Waals surface area (Å²) in [6.45, 7) is 2.61. The van der Waals surface area contributed by atoms with E-state index in [1.807, 2.05) is 13.0 Å². The Morgan fingerprint density at radius 3 is 2.84 bits per heavy atom. The van der Waals surface area contributed by atoms with Crippen molar-refractivity contribution in [3.63, 3.8) is 0 Å². The van der Waals surface area contributed by atoms with E-state index in [1.165, 1.54) is 18.2 Å². The Labute approximate surface area is 112 Å². The largest absolute Gasteiger partial charge is 0.396 e. The van der Waals surface area contributed by atoms with Crippen LogP contribution < -0.4 is 5.32 Å². The highest BCUT2D eigenvalue weighted by Gasteiger charge is 2.23. The Kier molecular flexibility index (Phi) is 5.90. The van der Waals surface area contributed by atoms with Gasteiger partial charge in [0.1, 0.15) is 5.82 Å². The van der Waals surface area contributed by atoms with Crippen molar-refractivity contribution in [3.8, 4) is 6.07 Å². The summed E-state index contributed by atoms with van der Waals surface area (Å²) in [5, 5.41) is 21.0. The van der Waals surface area contributed by atoms with Crippen LogP contribution in [0.25, 0.3) is 0 Å². The lowest BCUT2D eigenvalue weighted by molar-refractivity contribution is 0.0967. The zero-order chi connectivity index (χ0) is 14.3. The van der Waals surface area contributed by atoms with Crippen LogP contribution >= 0.6 is 0 Å². The zero-order valence-electron chi connectivity index (χ0n) is 11.2. The van der Waals surface area contributed by atoms with Crippen LogP contribution in [0.5, 0.6) is 0 Å². The first kappa shape index (κ1) is 15.6. The summed E-state index contributed by atoms with van der Waals surface area (Å²) in [6, 6.07) is 6.24. The molecule has 0 saturated heterocycles. The molecule has 104 valence electrons. The number of nitrogens with one attached hydrogen (secondary N) is 1. The minimum atomic E-state index is -0.432. The Morgan fingerprint density at radius 2 is 2.26 bits per heavy atom. The molecule has 1 unspecified atom stereocenters. The number of halogens is 1. The predicted octanol–water partition coefficient (Wildman–Crippen LogP) is 1.57. The quantitative estimate of drug-likeness (QED) is 0.786. The SMILES string of the molecule is COCC(C)(CCO)NCc1cc(C#N)ccc1F. The first-order valence-electron chi connectivity index (χ1n) is 6.08. The molecule has 0 spiro atoms. The van der Waals surface area contributed by atoms with Crippen LogP contribution in [0, 0.1) is 17.1 Å². The van der Waals surface area contributed by atoms with Crippen molar-refractivity contribution >= 4 is 0 Å². The molecule has 0 aromatic heterocycles. The second-order valence-electron chi connectivity index (χ2n) is 4.74. The number of methoxy groups -OCH3 is 1. The Morgan fingerprint density at radius 1 is 1.53 bits per heavy atom. The lowest BCUT2D eigenvalue weighted by Gasteiger charge is -2.29. The van der Waals surface area contributed by atoms with Crippen LogP contribution in [-0.2, 0) is 11.3 Å². The van der Waals surface area contributed by atoms with Crippen molar-refractivity contribution in [2.45, 2.75) is 25.4 Å². The van der Waals surface area contributed by atoms with Gasteiger partial charge in [-0.25, -0.2) is 4.39 Å². The maximum absolute atomic E-state index is 13.6. The topological polar surface area (TPSA) is 65.3 Å². The lowest BCUT2D eigenvalue weighted by Crippen LogP contribution is -2.46. The summed E-state index contributed by atoms with van der Waals surface area (Å²) >= 11 is 0. The summed E-state index contributed by atoms with van der Waals surface area (Å²) < 4.78 is 18.7. The molecule has 0 aliphatic heterocycles. The molecule has 19 heavy (non-hydrogen) atoms. The fraction of sp³-hybridized carbons (Fsp3) is 0.500. The van der Waals surface area contributed by atoms with Gasteiger partial charge in [-0.1, -0.05) is 0 Å². The average molecular weight is 266 g/mol. The molecule has 0 aliphatic carbocycles. The number of hydrogen-bond acceptors (Lipinski definition) is 4. The van der Waals surface area contributed by atoms with Crippen LogP contribution in [0.2, 0.25) is 0 Å². The third kappa shape index (κ3) is 4.60. The molecule has 0 radical (unpaired) electrons. The van der Waals surface area contributed by atoms with Crippen molar-refractivity contribution in [2.75, 3.05) is 20.3 Å². The van der Waals surface area contributed by atoms with Gasteiger partial charge < -0.3 is 15.2 Å². The number of rotatable bonds is 7. The van der Waals surface area contributed by atoms with Crippen molar-refractivity contribution in [3.05, 3.63) is 35.1 Å². The van der Waals surface area contributed by atoms with E-state index in [2.05, 4.69) is 5.32 Å². The highest BCUT2D eigenvalue weighted by atomic mass is 19.1. The van der Waals surface area contributed by atoms with E-state index < -0.39 is 5.54 Å². The molecular formula is C14H19FN2O2. The molecule has 1 aromatic carbocycles. The van der Waals surface area contributed by atoms with E-state index >= 15 is 0 Å². The summed E-state index contributed by atoms with van der Waals surface area (Å²) in [6.07, 6.45) is 0.500. The van der Waals surface area contributed by atoms with Crippen LogP contribution in [0.1, 0.15) is 24.5 Å². The van der Waals surface area contributed by atoms with Crippen molar-refractivity contribution < 1.29 is 14.2 Å². The van der Waals surface area contributed by atoms with Crippen LogP contribution in [-0.4, -0.2) is 31.0 Å². The molecule has 4 nitrogen and oxygen atoms in total. The van der Waals surface area contributed by atoms with Crippen molar-refractivity contribution in [1.29, 1.82) is 5.26 Å². The summed E-state index contributed by atoms with van der Waals surface area (Å²) in [4.78, 5) is 0. The Hall–Kier alpha value is -1.48. The van der Waals surface area contributed by atoms with Gasteiger partial charge in [0.2, 0.25) is 0 Å². The van der Waals surface area contributed by atoms with E-state index in [0.717, 1.165) is 0 Å². The number of nitriles is 1. The highest BCUT2D eigenvalue weighted by molar-refractivity contribution is 5.33. The average Bonchev–Trinajstić information content (AvgIpc) is 2.38. The smallest absolute Gasteiger partial charge is 0.127 e. The van der Waals surface area contributed by atoms with Gasteiger partial charge in [0.05, 0.1) is 18.2 Å². The molecule has 1 atom stereocenters. The predicted molar refractivity (Wildman–Crippen MR) is 69.9 cm³/mol. The van der Waals surface area contributed by atoms with Gasteiger partial charge in [-0.15, -0.1) is 0 Å². The first-order chi connectivity index (χ1) is 9.04. The first-order valence-corrected chi connectivity index (χ1v) is 6.08.